The molecule has 1 aromatic rings. The van der Waals surface area contributed by atoms with E-state index in [2.05, 4.69) is 4.98 Å². The Hall–Kier alpha value is -0.980. The molecule has 0 aromatic carbocycles. The van der Waals surface area contributed by atoms with Crippen molar-refractivity contribution in [1.82, 2.24) is 4.98 Å². The maximum Gasteiger partial charge on any atom is 0.434 e. The number of halogens is 6. The third kappa shape index (κ3) is 3.24. The monoisotopic (exact) mass is 362 g/mol. The second kappa shape index (κ2) is 5.12. The fourth-order valence-corrected chi connectivity index (χ4v) is 1.94. The summed E-state index contributed by atoms with van der Waals surface area (Å²) >= 11 is 1.18. The molecule has 0 N–H and O–H groups in total. The SMILES string of the molecule is N#CCc1cc(C(F)F)c(I)c(C(F)(F)F)n1. The average Bonchev–Trinajstić information content (AvgIpc) is 2.18. The minimum Gasteiger partial charge on any atom is -0.246 e. The third-order valence-electron chi connectivity index (χ3n) is 1.80. The molecule has 0 fully saturated rings. The predicted octanol–water partition coefficient (Wildman–Crippen LogP) is 3.71. The lowest BCUT2D eigenvalue weighted by Crippen LogP contribution is -2.14. The molecule has 0 unspecified atom stereocenters. The van der Waals surface area contributed by atoms with Crippen molar-refractivity contribution < 1.29 is 22.0 Å². The van der Waals surface area contributed by atoms with E-state index >= 15 is 0 Å². The van der Waals surface area contributed by atoms with Gasteiger partial charge in [0, 0.05) is 5.56 Å². The van der Waals surface area contributed by atoms with Crippen molar-refractivity contribution in [3.05, 3.63) is 26.6 Å². The molecule has 0 aliphatic heterocycles. The van der Waals surface area contributed by atoms with Gasteiger partial charge in [0.25, 0.3) is 6.43 Å². The lowest BCUT2D eigenvalue weighted by molar-refractivity contribution is -0.142. The molecule has 1 heterocycles. The summed E-state index contributed by atoms with van der Waals surface area (Å²) in [6.45, 7) is 0. The van der Waals surface area contributed by atoms with E-state index in [0.29, 0.717) is 0 Å². The van der Waals surface area contributed by atoms with Crippen molar-refractivity contribution in [3.63, 3.8) is 0 Å². The van der Waals surface area contributed by atoms with Gasteiger partial charge in [0.1, 0.15) is 0 Å². The van der Waals surface area contributed by atoms with Crippen molar-refractivity contribution in [2.24, 2.45) is 0 Å². The summed E-state index contributed by atoms with van der Waals surface area (Å²) in [7, 11) is 0. The molecule has 17 heavy (non-hydrogen) atoms. The summed E-state index contributed by atoms with van der Waals surface area (Å²) in [6.07, 6.45) is -8.30. The van der Waals surface area contributed by atoms with Crippen LogP contribution in [-0.4, -0.2) is 4.98 Å². The standard InChI is InChI=1S/C9H4F5IN2/c10-8(11)5-3-4(1-2-16)17-7(6(5)15)9(12,13)14/h3,8H,1H2. The second-order valence-electron chi connectivity index (χ2n) is 3.00. The van der Waals surface area contributed by atoms with Gasteiger partial charge in [-0.2, -0.15) is 18.4 Å². The molecule has 2 nitrogen and oxygen atoms in total. The van der Waals surface area contributed by atoms with E-state index in [1.54, 1.807) is 6.07 Å². The van der Waals surface area contributed by atoms with Gasteiger partial charge in [-0.1, -0.05) is 0 Å². The van der Waals surface area contributed by atoms with Gasteiger partial charge in [-0.3, -0.25) is 0 Å². The van der Waals surface area contributed by atoms with Crippen LogP contribution in [-0.2, 0) is 12.6 Å². The number of alkyl halides is 5. The lowest BCUT2D eigenvalue weighted by Gasteiger charge is -2.13. The first-order valence-electron chi connectivity index (χ1n) is 4.19. The maximum atomic E-state index is 12.5. The Bertz CT molecular complexity index is 464. The summed E-state index contributed by atoms with van der Waals surface area (Å²) in [6, 6.07) is 2.40. The predicted molar refractivity (Wildman–Crippen MR) is 56.2 cm³/mol. The van der Waals surface area contributed by atoms with Gasteiger partial charge in [0.15, 0.2) is 5.69 Å². The number of rotatable bonds is 2. The van der Waals surface area contributed by atoms with Crippen LogP contribution in [0.2, 0.25) is 0 Å². The summed E-state index contributed by atoms with van der Waals surface area (Å²) in [4.78, 5) is 3.19. The van der Waals surface area contributed by atoms with Gasteiger partial charge in [0.2, 0.25) is 0 Å². The van der Waals surface area contributed by atoms with Crippen LogP contribution in [0.25, 0.3) is 0 Å². The molecule has 0 spiro atoms. The Morgan fingerprint density at radius 1 is 1.41 bits per heavy atom. The molecule has 1 aromatic heterocycles. The molecule has 1 rings (SSSR count). The Kier molecular flexibility index (Phi) is 4.24. The highest BCUT2D eigenvalue weighted by atomic mass is 127. The first kappa shape index (κ1) is 14.1. The number of aromatic nitrogens is 1. The number of hydrogen-bond acceptors (Lipinski definition) is 2. The van der Waals surface area contributed by atoms with Crippen LogP contribution >= 0.6 is 22.6 Å². The Balaban J connectivity index is 3.44. The van der Waals surface area contributed by atoms with Crippen molar-refractivity contribution in [2.45, 2.75) is 19.0 Å². The lowest BCUT2D eigenvalue weighted by atomic mass is 10.1. The first-order chi connectivity index (χ1) is 7.77. The number of hydrogen-bond donors (Lipinski definition) is 0. The van der Waals surface area contributed by atoms with E-state index in [9.17, 15) is 22.0 Å². The van der Waals surface area contributed by atoms with Gasteiger partial charge in [0.05, 0.1) is 21.8 Å². The number of nitrogens with zero attached hydrogens (tertiary/aromatic N) is 2. The maximum absolute atomic E-state index is 12.5. The molecule has 0 aliphatic rings. The largest absolute Gasteiger partial charge is 0.434 e. The molecule has 92 valence electrons. The molecular weight excluding hydrogens is 358 g/mol. The quantitative estimate of drug-likeness (QED) is 0.594. The molecular formula is C9H4F5IN2. The van der Waals surface area contributed by atoms with Gasteiger partial charge in [-0.05, 0) is 28.7 Å². The first-order valence-corrected chi connectivity index (χ1v) is 5.27. The van der Waals surface area contributed by atoms with Crippen molar-refractivity contribution in [1.29, 1.82) is 5.26 Å². The zero-order chi connectivity index (χ0) is 13.2. The average molecular weight is 362 g/mol. The van der Waals surface area contributed by atoms with E-state index < -0.39 is 33.9 Å². The van der Waals surface area contributed by atoms with E-state index in [1.807, 2.05) is 0 Å². The molecule has 0 saturated heterocycles. The fraction of sp³-hybridized carbons (Fsp3) is 0.333. The summed E-state index contributed by atoms with van der Waals surface area (Å²) in [5.74, 6) is 0. The highest BCUT2D eigenvalue weighted by Gasteiger charge is 2.37. The van der Waals surface area contributed by atoms with E-state index in [1.165, 1.54) is 22.6 Å². The van der Waals surface area contributed by atoms with Crippen LogP contribution in [0.4, 0.5) is 22.0 Å². The molecule has 0 aliphatic carbocycles. The van der Waals surface area contributed by atoms with Crippen molar-refractivity contribution >= 4 is 22.6 Å². The van der Waals surface area contributed by atoms with E-state index in [4.69, 9.17) is 5.26 Å². The van der Waals surface area contributed by atoms with Gasteiger partial charge in [-0.25, -0.2) is 13.8 Å². The highest BCUT2D eigenvalue weighted by molar-refractivity contribution is 14.1. The van der Waals surface area contributed by atoms with Crippen LogP contribution in [0.5, 0.6) is 0 Å². The normalized spacial score (nSPS) is 11.6. The zero-order valence-corrected chi connectivity index (χ0v) is 10.2. The molecule has 0 bridgehead atoms. The Morgan fingerprint density at radius 3 is 2.41 bits per heavy atom. The number of pyridine rings is 1. The van der Waals surface area contributed by atoms with Crippen molar-refractivity contribution in [2.75, 3.05) is 0 Å². The van der Waals surface area contributed by atoms with Crippen LogP contribution in [0.3, 0.4) is 0 Å². The molecule has 0 atom stereocenters. The van der Waals surface area contributed by atoms with Gasteiger partial charge < -0.3 is 0 Å². The van der Waals surface area contributed by atoms with Gasteiger partial charge in [-0.15, -0.1) is 0 Å². The Morgan fingerprint density at radius 2 is 2.00 bits per heavy atom. The minimum atomic E-state index is -4.81. The fourth-order valence-electron chi connectivity index (χ4n) is 1.12. The van der Waals surface area contributed by atoms with Crippen LogP contribution in [0, 0.1) is 14.9 Å². The highest BCUT2D eigenvalue weighted by Crippen LogP contribution is 2.36. The van der Waals surface area contributed by atoms with Crippen molar-refractivity contribution in [3.8, 4) is 6.07 Å². The number of nitriles is 1. The second-order valence-corrected chi connectivity index (χ2v) is 4.08. The molecule has 0 amide bonds. The summed E-state index contributed by atoms with van der Waals surface area (Å²) in [5, 5.41) is 8.35. The topological polar surface area (TPSA) is 36.7 Å². The molecule has 0 saturated carbocycles. The molecule has 8 heteroatoms. The van der Waals surface area contributed by atoms with Gasteiger partial charge >= 0.3 is 6.18 Å². The Labute approximate surface area is 107 Å². The van der Waals surface area contributed by atoms with Crippen LogP contribution < -0.4 is 0 Å². The summed E-state index contributed by atoms with van der Waals surface area (Å²) < 4.78 is 62.0. The van der Waals surface area contributed by atoms with E-state index in [0.717, 1.165) is 6.07 Å². The van der Waals surface area contributed by atoms with E-state index in [-0.39, 0.29) is 5.69 Å². The zero-order valence-electron chi connectivity index (χ0n) is 8.02. The smallest absolute Gasteiger partial charge is 0.246 e. The third-order valence-corrected chi connectivity index (χ3v) is 2.94. The van der Waals surface area contributed by atoms with Crippen LogP contribution in [0.1, 0.15) is 23.4 Å². The summed E-state index contributed by atoms with van der Waals surface area (Å²) in [5.41, 5.74) is -2.44. The van der Waals surface area contributed by atoms with Crippen LogP contribution in [0.15, 0.2) is 6.07 Å². The molecule has 0 radical (unpaired) electrons. The minimum absolute atomic E-state index is 0.310.